The highest BCUT2D eigenvalue weighted by atomic mass is 32.2. The Hall–Kier alpha value is -1.88. The average Bonchev–Trinajstić information content (AvgIpc) is 2.72. The van der Waals surface area contributed by atoms with Crippen molar-refractivity contribution in [1.82, 2.24) is 4.57 Å². The molecule has 0 saturated heterocycles. The second-order valence-corrected chi connectivity index (χ2v) is 8.04. The molecule has 0 radical (unpaired) electrons. The van der Waals surface area contributed by atoms with Crippen molar-refractivity contribution < 1.29 is 0 Å². The van der Waals surface area contributed by atoms with E-state index >= 15 is 0 Å². The second-order valence-electron chi connectivity index (χ2n) is 6.79. The van der Waals surface area contributed by atoms with E-state index in [2.05, 4.69) is 56.6 Å². The van der Waals surface area contributed by atoms with E-state index in [0.717, 1.165) is 48.2 Å². The van der Waals surface area contributed by atoms with E-state index in [1.54, 1.807) is 11.8 Å². The van der Waals surface area contributed by atoms with Gasteiger partial charge in [-0.15, -0.1) is 11.8 Å². The Morgan fingerprint density at radius 1 is 0.857 bits per heavy atom. The number of aromatic nitrogens is 1. The summed E-state index contributed by atoms with van der Waals surface area (Å²) >= 11 is 1.76. The molecule has 0 aliphatic rings. The topological polar surface area (TPSA) is 28.5 Å². The van der Waals surface area contributed by atoms with Gasteiger partial charge in [-0.1, -0.05) is 37.3 Å². The lowest BCUT2D eigenvalue weighted by atomic mass is 10.0. The number of rotatable bonds is 10. The van der Waals surface area contributed by atoms with Gasteiger partial charge in [0.15, 0.2) is 0 Å². The molecule has 5 heteroatoms. The average molecular weight is 402 g/mol. The molecule has 1 aromatic heterocycles. The van der Waals surface area contributed by atoms with Crippen molar-refractivity contribution in [2.75, 3.05) is 41.7 Å². The molecule has 2 aromatic rings. The summed E-state index contributed by atoms with van der Waals surface area (Å²) in [5.74, 6) is 0.942. The van der Waals surface area contributed by atoms with Crippen LogP contribution in [0.3, 0.4) is 0 Å². The Kier molecular flexibility index (Phi) is 8.49. The van der Waals surface area contributed by atoms with Crippen LogP contribution in [0.4, 0.5) is 11.4 Å². The number of pyridine rings is 1. The summed E-state index contributed by atoms with van der Waals surface area (Å²) in [4.78, 5) is 18.2. The predicted molar refractivity (Wildman–Crippen MR) is 124 cm³/mol. The maximum atomic E-state index is 13.5. The molecule has 2 rings (SSSR count). The van der Waals surface area contributed by atoms with Crippen LogP contribution >= 0.6 is 11.8 Å². The highest BCUT2D eigenvalue weighted by Crippen LogP contribution is 2.40. The molecule has 0 saturated carbocycles. The molecule has 154 valence electrons. The van der Waals surface area contributed by atoms with E-state index in [-0.39, 0.29) is 5.56 Å². The van der Waals surface area contributed by atoms with Crippen LogP contribution in [0, 0.1) is 0 Å². The largest absolute Gasteiger partial charge is 0.370 e. The van der Waals surface area contributed by atoms with E-state index < -0.39 is 0 Å². The number of thioether (sulfide) groups is 1. The van der Waals surface area contributed by atoms with Crippen molar-refractivity contribution in [3.8, 4) is 0 Å². The SMILES string of the molecule is CCSc1c(N(CC)CC)c(N(CC)CC)c(Cc2ccccc2)c(=O)n1C. The fourth-order valence-corrected chi connectivity index (χ4v) is 4.68. The third-order valence-electron chi connectivity index (χ3n) is 5.24. The van der Waals surface area contributed by atoms with Gasteiger partial charge in [-0.25, -0.2) is 0 Å². The number of hydrogen-bond donors (Lipinski definition) is 0. The van der Waals surface area contributed by atoms with Crippen LogP contribution in [-0.4, -0.2) is 36.5 Å². The van der Waals surface area contributed by atoms with Gasteiger partial charge in [-0.2, -0.15) is 0 Å². The van der Waals surface area contributed by atoms with Crippen LogP contribution in [0.5, 0.6) is 0 Å². The van der Waals surface area contributed by atoms with Crippen LogP contribution in [0.25, 0.3) is 0 Å². The fraction of sp³-hybridized carbons (Fsp3) is 0.522. The van der Waals surface area contributed by atoms with Crippen molar-refractivity contribution in [1.29, 1.82) is 0 Å². The van der Waals surface area contributed by atoms with E-state index in [1.165, 1.54) is 11.3 Å². The smallest absolute Gasteiger partial charge is 0.256 e. The van der Waals surface area contributed by atoms with Gasteiger partial charge < -0.3 is 14.4 Å². The molecule has 0 atom stereocenters. The zero-order valence-electron chi connectivity index (χ0n) is 18.3. The number of hydrogen-bond acceptors (Lipinski definition) is 4. The summed E-state index contributed by atoms with van der Waals surface area (Å²) < 4.78 is 1.87. The lowest BCUT2D eigenvalue weighted by Crippen LogP contribution is -2.35. The van der Waals surface area contributed by atoms with Gasteiger partial charge in [0, 0.05) is 45.2 Å². The predicted octanol–water partition coefficient (Wildman–Crippen LogP) is 4.78. The molecule has 1 aromatic carbocycles. The zero-order chi connectivity index (χ0) is 20.7. The van der Waals surface area contributed by atoms with Gasteiger partial charge in [0.25, 0.3) is 5.56 Å². The number of nitrogens with zero attached hydrogens (tertiary/aromatic N) is 3. The molecular formula is C23H35N3OS. The van der Waals surface area contributed by atoms with Crippen molar-refractivity contribution in [3.05, 3.63) is 51.8 Å². The minimum atomic E-state index is 0.123. The molecule has 28 heavy (non-hydrogen) atoms. The molecule has 0 fully saturated rings. The Morgan fingerprint density at radius 2 is 1.39 bits per heavy atom. The summed E-state index contributed by atoms with van der Waals surface area (Å²) in [6, 6.07) is 10.3. The summed E-state index contributed by atoms with van der Waals surface area (Å²) in [6.07, 6.45) is 0.657. The van der Waals surface area contributed by atoms with Gasteiger partial charge in [-0.05, 0) is 39.0 Å². The van der Waals surface area contributed by atoms with Crippen LogP contribution in [0.1, 0.15) is 45.7 Å². The van der Waals surface area contributed by atoms with Gasteiger partial charge in [0.1, 0.15) is 5.03 Å². The lowest BCUT2D eigenvalue weighted by molar-refractivity contribution is 0.718. The monoisotopic (exact) mass is 401 g/mol. The Balaban J connectivity index is 2.87. The highest BCUT2D eigenvalue weighted by molar-refractivity contribution is 7.99. The Bertz CT molecular complexity index is 809. The standard InChI is InChI=1S/C23H35N3OS/c1-7-25(8-2)20-19(17-18-15-13-12-14-16-18)22(27)24(6)23(28-11-5)21(20)26(9-3)10-4/h12-16H,7-11,17H2,1-6H3. The maximum absolute atomic E-state index is 13.5. The summed E-state index contributed by atoms with van der Waals surface area (Å²) in [6.45, 7) is 14.5. The summed E-state index contributed by atoms with van der Waals surface area (Å²) in [5.41, 5.74) is 4.54. The van der Waals surface area contributed by atoms with Gasteiger partial charge in [0.2, 0.25) is 0 Å². The molecule has 0 bridgehead atoms. The molecule has 0 aliphatic heterocycles. The maximum Gasteiger partial charge on any atom is 0.256 e. The van der Waals surface area contributed by atoms with E-state index in [1.807, 2.05) is 29.8 Å². The Labute approximate surface area is 174 Å². The first-order chi connectivity index (χ1) is 13.5. The third-order valence-corrected chi connectivity index (χ3v) is 6.27. The third kappa shape index (κ3) is 4.57. The normalized spacial score (nSPS) is 10.9. The van der Waals surface area contributed by atoms with Crippen LogP contribution in [-0.2, 0) is 13.5 Å². The van der Waals surface area contributed by atoms with E-state index in [0.29, 0.717) is 6.42 Å². The molecule has 0 aliphatic carbocycles. The van der Waals surface area contributed by atoms with Gasteiger partial charge in [0.05, 0.1) is 11.4 Å². The molecule has 0 N–H and O–H groups in total. The first kappa shape index (κ1) is 22.4. The van der Waals surface area contributed by atoms with Crippen LogP contribution in [0.15, 0.2) is 40.2 Å². The number of anilines is 2. The van der Waals surface area contributed by atoms with Crippen molar-refractivity contribution in [2.45, 2.75) is 46.1 Å². The minimum absolute atomic E-state index is 0.123. The van der Waals surface area contributed by atoms with Crippen LogP contribution < -0.4 is 15.4 Å². The van der Waals surface area contributed by atoms with Crippen molar-refractivity contribution in [3.63, 3.8) is 0 Å². The summed E-state index contributed by atoms with van der Waals surface area (Å²) in [5, 5.41) is 1.08. The van der Waals surface area contributed by atoms with E-state index in [4.69, 9.17) is 0 Å². The van der Waals surface area contributed by atoms with Gasteiger partial charge >= 0.3 is 0 Å². The molecule has 4 nitrogen and oxygen atoms in total. The van der Waals surface area contributed by atoms with Gasteiger partial charge in [-0.3, -0.25) is 4.79 Å². The van der Waals surface area contributed by atoms with Crippen LogP contribution in [0.2, 0.25) is 0 Å². The molecular weight excluding hydrogens is 366 g/mol. The highest BCUT2D eigenvalue weighted by Gasteiger charge is 2.26. The molecule has 0 amide bonds. The zero-order valence-corrected chi connectivity index (χ0v) is 19.1. The van der Waals surface area contributed by atoms with Crippen molar-refractivity contribution in [2.24, 2.45) is 7.05 Å². The Morgan fingerprint density at radius 3 is 1.89 bits per heavy atom. The van der Waals surface area contributed by atoms with E-state index in [9.17, 15) is 4.79 Å². The molecule has 0 unspecified atom stereocenters. The van der Waals surface area contributed by atoms with Crippen molar-refractivity contribution >= 4 is 23.1 Å². The lowest BCUT2D eigenvalue weighted by Gasteiger charge is -2.34. The molecule has 0 spiro atoms. The summed E-state index contributed by atoms with van der Waals surface area (Å²) in [7, 11) is 1.92. The first-order valence-electron chi connectivity index (χ1n) is 10.5. The second kappa shape index (κ2) is 10.6. The minimum Gasteiger partial charge on any atom is -0.370 e. The molecule has 1 heterocycles. The number of benzene rings is 1. The first-order valence-corrected chi connectivity index (χ1v) is 11.4. The fourth-order valence-electron chi connectivity index (χ4n) is 3.77. The quantitative estimate of drug-likeness (QED) is 0.536.